The summed E-state index contributed by atoms with van der Waals surface area (Å²) >= 11 is 4.34. The van der Waals surface area contributed by atoms with Gasteiger partial charge in [0.1, 0.15) is 17.4 Å². The third-order valence-corrected chi connectivity index (χ3v) is 4.78. The van der Waals surface area contributed by atoms with Crippen LogP contribution in [0.5, 0.6) is 5.75 Å². The third kappa shape index (κ3) is 4.70. The number of aryl methyl sites for hydroxylation is 1. The van der Waals surface area contributed by atoms with Gasteiger partial charge in [-0.2, -0.15) is 5.26 Å². The minimum atomic E-state index is -0.427. The number of nitriles is 1. The summed E-state index contributed by atoms with van der Waals surface area (Å²) in [5.74, 6) is 0.361. The number of carbonyl (C=O) groups excluding carboxylic acids is 1. The molecule has 0 heterocycles. The lowest BCUT2D eigenvalue weighted by Crippen LogP contribution is -2.13. The number of rotatable bonds is 4. The van der Waals surface area contributed by atoms with Gasteiger partial charge < -0.3 is 10.1 Å². The Morgan fingerprint density at radius 1 is 1.25 bits per heavy atom. The van der Waals surface area contributed by atoms with Crippen LogP contribution in [-0.4, -0.2) is 13.0 Å². The standard InChI is InChI=1S/C18H14I2N2O2/c1-11-4-3-5-14(6-11)22-18(23)13(10-21)7-12-8-15(19)17(24-2)16(20)9-12/h3-9H,1-2H3,(H,22,23)/b13-7-. The second kappa shape index (κ2) is 8.48. The quantitative estimate of drug-likeness (QED) is 0.344. The highest BCUT2D eigenvalue weighted by atomic mass is 127. The molecule has 0 radical (unpaired) electrons. The van der Waals surface area contributed by atoms with Crippen molar-refractivity contribution in [2.75, 3.05) is 12.4 Å². The summed E-state index contributed by atoms with van der Waals surface area (Å²) < 4.78 is 7.16. The van der Waals surface area contributed by atoms with Crippen LogP contribution in [0.2, 0.25) is 0 Å². The lowest BCUT2D eigenvalue weighted by atomic mass is 10.1. The molecular formula is C18H14I2N2O2. The first-order valence-electron chi connectivity index (χ1n) is 6.97. The fourth-order valence-corrected chi connectivity index (χ4v) is 4.35. The number of anilines is 1. The zero-order valence-corrected chi connectivity index (χ0v) is 17.4. The van der Waals surface area contributed by atoms with Crippen LogP contribution in [0.1, 0.15) is 11.1 Å². The number of nitrogens with one attached hydrogen (secondary N) is 1. The normalized spacial score (nSPS) is 10.9. The van der Waals surface area contributed by atoms with Gasteiger partial charge in [0.05, 0.1) is 14.3 Å². The molecule has 122 valence electrons. The van der Waals surface area contributed by atoms with E-state index in [0.717, 1.165) is 24.0 Å². The largest absolute Gasteiger partial charge is 0.495 e. The molecule has 0 aliphatic rings. The first-order chi connectivity index (χ1) is 11.4. The molecule has 1 amide bonds. The Labute approximate surface area is 168 Å². The van der Waals surface area contributed by atoms with E-state index in [1.165, 1.54) is 0 Å². The van der Waals surface area contributed by atoms with E-state index < -0.39 is 5.91 Å². The van der Waals surface area contributed by atoms with Crippen LogP contribution in [0.25, 0.3) is 6.08 Å². The number of halogens is 2. The van der Waals surface area contributed by atoms with Crippen LogP contribution in [0, 0.1) is 25.4 Å². The number of hydrogen-bond donors (Lipinski definition) is 1. The molecule has 0 bridgehead atoms. The fourth-order valence-electron chi connectivity index (χ4n) is 2.09. The number of methoxy groups -OCH3 is 1. The van der Waals surface area contributed by atoms with Crippen molar-refractivity contribution in [1.82, 2.24) is 0 Å². The molecule has 0 saturated heterocycles. The van der Waals surface area contributed by atoms with Gasteiger partial charge in [0.25, 0.3) is 5.91 Å². The smallest absolute Gasteiger partial charge is 0.266 e. The van der Waals surface area contributed by atoms with Crippen molar-refractivity contribution >= 4 is 62.9 Å². The molecule has 2 aromatic carbocycles. The number of benzene rings is 2. The van der Waals surface area contributed by atoms with E-state index in [-0.39, 0.29) is 5.57 Å². The van der Waals surface area contributed by atoms with E-state index in [1.54, 1.807) is 19.3 Å². The Morgan fingerprint density at radius 3 is 2.46 bits per heavy atom. The maximum Gasteiger partial charge on any atom is 0.266 e. The monoisotopic (exact) mass is 544 g/mol. The molecule has 0 unspecified atom stereocenters. The molecule has 0 saturated carbocycles. The Bertz CT molecular complexity index is 831. The van der Waals surface area contributed by atoms with E-state index in [2.05, 4.69) is 50.5 Å². The topological polar surface area (TPSA) is 62.1 Å². The second-order valence-corrected chi connectivity index (χ2v) is 7.34. The lowest BCUT2D eigenvalue weighted by molar-refractivity contribution is -0.112. The molecule has 2 rings (SSSR count). The molecule has 0 aromatic heterocycles. The molecule has 24 heavy (non-hydrogen) atoms. The summed E-state index contributed by atoms with van der Waals surface area (Å²) in [6.45, 7) is 1.94. The number of amides is 1. The van der Waals surface area contributed by atoms with Gasteiger partial charge in [-0.05, 0) is 93.6 Å². The maximum atomic E-state index is 12.3. The van der Waals surface area contributed by atoms with E-state index in [0.29, 0.717) is 5.69 Å². The highest BCUT2D eigenvalue weighted by molar-refractivity contribution is 14.1. The number of carbonyl (C=O) groups is 1. The zero-order chi connectivity index (χ0) is 17.7. The van der Waals surface area contributed by atoms with E-state index in [9.17, 15) is 10.1 Å². The Balaban J connectivity index is 2.29. The average molecular weight is 544 g/mol. The molecule has 0 aliphatic heterocycles. The average Bonchev–Trinajstić information content (AvgIpc) is 2.52. The molecular weight excluding hydrogens is 530 g/mol. The Morgan fingerprint density at radius 2 is 1.92 bits per heavy atom. The molecule has 0 fully saturated rings. The molecule has 4 nitrogen and oxygen atoms in total. The van der Waals surface area contributed by atoms with Crippen LogP contribution >= 0.6 is 45.2 Å². The van der Waals surface area contributed by atoms with Gasteiger partial charge in [0.2, 0.25) is 0 Å². The van der Waals surface area contributed by atoms with Crippen molar-refractivity contribution < 1.29 is 9.53 Å². The van der Waals surface area contributed by atoms with Crippen LogP contribution in [0.4, 0.5) is 5.69 Å². The van der Waals surface area contributed by atoms with Crippen molar-refractivity contribution in [2.45, 2.75) is 6.92 Å². The predicted molar refractivity (Wildman–Crippen MR) is 112 cm³/mol. The number of ether oxygens (including phenoxy) is 1. The van der Waals surface area contributed by atoms with Crippen LogP contribution < -0.4 is 10.1 Å². The lowest BCUT2D eigenvalue weighted by Gasteiger charge is -2.08. The summed E-state index contributed by atoms with van der Waals surface area (Å²) in [5, 5.41) is 12.1. The predicted octanol–water partition coefficient (Wildman–Crippen LogP) is 4.76. The van der Waals surface area contributed by atoms with Gasteiger partial charge in [-0.3, -0.25) is 4.79 Å². The van der Waals surface area contributed by atoms with E-state index in [1.807, 2.05) is 43.3 Å². The molecule has 0 aliphatic carbocycles. The van der Waals surface area contributed by atoms with Gasteiger partial charge in [-0.15, -0.1) is 0 Å². The van der Waals surface area contributed by atoms with Crippen LogP contribution in [-0.2, 0) is 4.79 Å². The minimum absolute atomic E-state index is 0.0493. The first-order valence-corrected chi connectivity index (χ1v) is 9.13. The van der Waals surface area contributed by atoms with Crippen molar-refractivity contribution in [3.8, 4) is 11.8 Å². The molecule has 1 N–H and O–H groups in total. The summed E-state index contributed by atoms with van der Waals surface area (Å²) in [6, 6.07) is 13.2. The minimum Gasteiger partial charge on any atom is -0.495 e. The van der Waals surface area contributed by atoms with Crippen molar-refractivity contribution in [1.29, 1.82) is 5.26 Å². The molecule has 0 atom stereocenters. The van der Waals surface area contributed by atoms with E-state index >= 15 is 0 Å². The Kier molecular flexibility index (Phi) is 6.62. The number of nitrogens with zero attached hydrogens (tertiary/aromatic N) is 1. The van der Waals surface area contributed by atoms with Crippen molar-refractivity contribution in [2.24, 2.45) is 0 Å². The highest BCUT2D eigenvalue weighted by Crippen LogP contribution is 2.29. The summed E-state index contributed by atoms with van der Waals surface area (Å²) in [5.41, 5.74) is 2.53. The van der Waals surface area contributed by atoms with Crippen LogP contribution in [0.15, 0.2) is 42.0 Å². The van der Waals surface area contributed by atoms with Gasteiger partial charge in [0, 0.05) is 5.69 Å². The van der Waals surface area contributed by atoms with E-state index in [4.69, 9.17) is 4.74 Å². The summed E-state index contributed by atoms with van der Waals surface area (Å²) in [6.07, 6.45) is 1.58. The van der Waals surface area contributed by atoms with Gasteiger partial charge in [-0.1, -0.05) is 12.1 Å². The van der Waals surface area contributed by atoms with Crippen molar-refractivity contribution in [3.63, 3.8) is 0 Å². The summed E-state index contributed by atoms with van der Waals surface area (Å²) in [7, 11) is 1.62. The SMILES string of the molecule is COc1c(I)cc(/C=C(/C#N)C(=O)Nc2cccc(C)c2)cc1I. The molecule has 2 aromatic rings. The van der Waals surface area contributed by atoms with Crippen LogP contribution in [0.3, 0.4) is 0 Å². The van der Waals surface area contributed by atoms with Gasteiger partial charge in [0.15, 0.2) is 0 Å². The maximum absolute atomic E-state index is 12.3. The zero-order valence-electron chi connectivity index (χ0n) is 13.1. The second-order valence-electron chi connectivity index (χ2n) is 5.01. The number of hydrogen-bond acceptors (Lipinski definition) is 3. The fraction of sp³-hybridized carbons (Fsp3) is 0.111. The molecule has 0 spiro atoms. The van der Waals surface area contributed by atoms with Crippen molar-refractivity contribution in [3.05, 3.63) is 60.2 Å². The van der Waals surface area contributed by atoms with Gasteiger partial charge >= 0.3 is 0 Å². The third-order valence-electron chi connectivity index (χ3n) is 3.18. The first kappa shape index (κ1) is 18.7. The highest BCUT2D eigenvalue weighted by Gasteiger charge is 2.12. The summed E-state index contributed by atoms with van der Waals surface area (Å²) in [4.78, 5) is 12.3. The molecule has 6 heteroatoms. The van der Waals surface area contributed by atoms with Gasteiger partial charge in [-0.25, -0.2) is 0 Å². The Hall–Kier alpha value is -1.60.